The number of aromatic amines is 2. The summed E-state index contributed by atoms with van der Waals surface area (Å²) in [5.74, 6) is 2.91. The number of methoxy groups -OCH3 is 2. The molecule has 0 unspecified atom stereocenters. The monoisotopic (exact) mass is 672 g/mol. The number of nitrogens with one attached hydrogen (secondary N) is 2. The van der Waals surface area contributed by atoms with Crippen molar-refractivity contribution in [3.8, 4) is 68.5 Å². The van der Waals surface area contributed by atoms with Gasteiger partial charge in [0.15, 0.2) is 23.1 Å². The van der Waals surface area contributed by atoms with Crippen molar-refractivity contribution in [1.82, 2.24) is 39.5 Å². The van der Waals surface area contributed by atoms with Gasteiger partial charge >= 0.3 is 0 Å². The third-order valence-corrected chi connectivity index (χ3v) is 7.93. The van der Waals surface area contributed by atoms with Crippen LogP contribution in [-0.2, 0) is 14.1 Å². The fourth-order valence-corrected chi connectivity index (χ4v) is 5.65. The number of ether oxygens (including phenoxy) is 2. The zero-order chi connectivity index (χ0) is 33.4. The van der Waals surface area contributed by atoms with Gasteiger partial charge in [-0.2, -0.15) is 10.2 Å². The molecule has 0 amide bonds. The van der Waals surface area contributed by atoms with Gasteiger partial charge in [-0.3, -0.25) is 9.36 Å². The lowest BCUT2D eigenvalue weighted by Gasteiger charge is -2.03. The molecule has 0 bridgehead atoms. The molecule has 256 valence electrons. The summed E-state index contributed by atoms with van der Waals surface area (Å²) in [4.78, 5) is 15.6. The summed E-state index contributed by atoms with van der Waals surface area (Å²) in [7, 11) is 6.94. The molecular formula is C38H40N8O4. The number of phenolic OH excluding ortho intramolecular Hbond substituents is 1. The topological polar surface area (TPSA) is 152 Å². The molecule has 8 rings (SSSR count). The van der Waals surface area contributed by atoms with E-state index in [9.17, 15) is 10.2 Å². The lowest BCUT2D eigenvalue weighted by molar-refractivity contribution is 0.415. The van der Waals surface area contributed by atoms with Crippen LogP contribution in [0.2, 0.25) is 0 Å². The highest BCUT2D eigenvalue weighted by molar-refractivity contribution is 5.84. The van der Waals surface area contributed by atoms with E-state index in [0.717, 1.165) is 39.3 Å². The number of hydrogen-bond acceptors (Lipinski definition) is 8. The van der Waals surface area contributed by atoms with Gasteiger partial charge in [0.1, 0.15) is 34.3 Å². The number of nitrogens with zero attached hydrogens (tertiary/aromatic N) is 6. The number of aryl methyl sites for hydroxylation is 2. The summed E-state index contributed by atoms with van der Waals surface area (Å²) in [6.45, 7) is 0. The minimum Gasteiger partial charge on any atom is -0.508 e. The maximum absolute atomic E-state index is 10.6. The van der Waals surface area contributed by atoms with Gasteiger partial charge in [-0.15, -0.1) is 0 Å². The van der Waals surface area contributed by atoms with E-state index in [2.05, 4.69) is 30.1 Å². The smallest absolute Gasteiger partial charge is 0.175 e. The first-order valence-electron chi connectivity index (χ1n) is 15.1. The predicted octanol–water partition coefficient (Wildman–Crippen LogP) is 7.96. The standard InChI is InChI=1S/C19H18N4O2.C17H14N4O2.2CH4/c1-23-17(18(25-3)16(22-23)12-7-5-4-6-8-12)19-20-14-10-9-13(24-2)11-15(14)21-19;1-21-15(16(23)14(20-21)10-5-3-2-4-6-10)17-18-12-8-7-11(22)9-13(12)19-17;;/h4-11H,1-3H3,(H,20,21);2-9,22-23H,1H3,(H,18,19);2*1H4. The number of rotatable bonds is 6. The van der Waals surface area contributed by atoms with E-state index in [-0.39, 0.29) is 26.4 Å². The molecule has 4 aromatic carbocycles. The first kappa shape index (κ1) is 34.8. The summed E-state index contributed by atoms with van der Waals surface area (Å²) < 4.78 is 14.3. The van der Waals surface area contributed by atoms with Gasteiger partial charge in [0.05, 0.1) is 36.3 Å². The fourth-order valence-electron chi connectivity index (χ4n) is 5.65. The van der Waals surface area contributed by atoms with Crippen molar-refractivity contribution in [1.29, 1.82) is 0 Å². The van der Waals surface area contributed by atoms with Gasteiger partial charge in [-0.05, 0) is 24.3 Å². The predicted molar refractivity (Wildman–Crippen MR) is 197 cm³/mol. The Hall–Kier alpha value is -6.56. The average molecular weight is 673 g/mol. The summed E-state index contributed by atoms with van der Waals surface area (Å²) >= 11 is 0. The van der Waals surface area contributed by atoms with Gasteiger partial charge in [0.2, 0.25) is 0 Å². The molecule has 0 saturated heterocycles. The molecule has 4 N–H and O–H groups in total. The Morgan fingerprint density at radius 3 is 1.72 bits per heavy atom. The largest absolute Gasteiger partial charge is 0.508 e. The summed E-state index contributed by atoms with van der Waals surface area (Å²) in [6.07, 6.45) is 0. The Labute approximate surface area is 289 Å². The number of hydrogen-bond donors (Lipinski definition) is 4. The lowest BCUT2D eigenvalue weighted by Crippen LogP contribution is -1.96. The van der Waals surface area contributed by atoms with E-state index in [4.69, 9.17) is 9.47 Å². The molecule has 0 atom stereocenters. The first-order chi connectivity index (χ1) is 23.3. The minimum absolute atomic E-state index is 0. The van der Waals surface area contributed by atoms with Crippen molar-refractivity contribution in [2.24, 2.45) is 14.1 Å². The van der Waals surface area contributed by atoms with Crippen LogP contribution in [0.4, 0.5) is 0 Å². The molecule has 0 aliphatic heterocycles. The zero-order valence-electron chi connectivity index (χ0n) is 26.6. The van der Waals surface area contributed by atoms with Gasteiger partial charge in [0, 0.05) is 37.4 Å². The second-order valence-corrected chi connectivity index (χ2v) is 11.0. The molecule has 12 nitrogen and oxygen atoms in total. The molecule has 4 heterocycles. The van der Waals surface area contributed by atoms with Crippen LogP contribution in [0.5, 0.6) is 23.0 Å². The lowest BCUT2D eigenvalue weighted by atomic mass is 10.1. The molecule has 4 aromatic heterocycles. The van der Waals surface area contributed by atoms with E-state index in [1.807, 2.05) is 85.9 Å². The zero-order valence-corrected chi connectivity index (χ0v) is 26.6. The highest BCUT2D eigenvalue weighted by atomic mass is 16.5. The Balaban J connectivity index is 0.000000187. The number of H-pyrrole nitrogens is 2. The Morgan fingerprint density at radius 2 is 1.12 bits per heavy atom. The quantitative estimate of drug-likeness (QED) is 0.139. The molecule has 8 aromatic rings. The van der Waals surface area contributed by atoms with Crippen molar-refractivity contribution in [3.05, 3.63) is 97.1 Å². The molecule has 0 spiro atoms. The Kier molecular flexibility index (Phi) is 9.93. The third kappa shape index (κ3) is 6.33. The number of benzene rings is 4. The molecule has 0 aliphatic carbocycles. The van der Waals surface area contributed by atoms with Crippen molar-refractivity contribution in [2.75, 3.05) is 14.2 Å². The molecule has 0 fully saturated rings. The third-order valence-electron chi connectivity index (χ3n) is 7.93. The van der Waals surface area contributed by atoms with Gasteiger partial charge in [-0.1, -0.05) is 75.5 Å². The normalized spacial score (nSPS) is 10.6. The molecule has 50 heavy (non-hydrogen) atoms. The highest BCUT2D eigenvalue weighted by Crippen LogP contribution is 2.39. The van der Waals surface area contributed by atoms with Gasteiger partial charge in [-0.25, -0.2) is 9.97 Å². The minimum atomic E-state index is 0. The van der Waals surface area contributed by atoms with Crippen molar-refractivity contribution >= 4 is 22.1 Å². The van der Waals surface area contributed by atoms with E-state index in [1.54, 1.807) is 48.8 Å². The van der Waals surface area contributed by atoms with Gasteiger partial charge < -0.3 is 29.7 Å². The number of imidazole rings is 2. The fraction of sp³-hybridized carbons (Fsp3) is 0.158. The van der Waals surface area contributed by atoms with Crippen LogP contribution in [0.1, 0.15) is 14.9 Å². The molecule has 12 heteroatoms. The van der Waals surface area contributed by atoms with Crippen LogP contribution in [0.25, 0.3) is 67.6 Å². The van der Waals surface area contributed by atoms with Crippen molar-refractivity contribution < 1.29 is 19.7 Å². The van der Waals surface area contributed by atoms with Crippen LogP contribution in [0.15, 0.2) is 97.1 Å². The number of aromatic hydroxyl groups is 2. The number of phenols is 1. The van der Waals surface area contributed by atoms with Gasteiger partial charge in [0.25, 0.3) is 0 Å². The number of fused-ring (bicyclic) bond motifs is 2. The van der Waals surface area contributed by atoms with E-state index in [1.165, 1.54) is 0 Å². The SMILES string of the molecule is C.C.COc1ccc2nc(-c3c(OC)c(-c4ccccc4)nn3C)[nH]c2c1.Cn1nc(-c2ccccc2)c(O)c1-c1nc2ccc(O)cc2[nH]1. The van der Waals surface area contributed by atoms with E-state index >= 15 is 0 Å². The summed E-state index contributed by atoms with van der Waals surface area (Å²) in [6, 6.07) is 30.1. The summed E-state index contributed by atoms with van der Waals surface area (Å²) in [5, 5.41) is 29.2. The summed E-state index contributed by atoms with van der Waals surface area (Å²) in [5.41, 5.74) is 7.60. The molecular weight excluding hydrogens is 632 g/mol. The van der Waals surface area contributed by atoms with Crippen molar-refractivity contribution in [3.63, 3.8) is 0 Å². The molecule has 0 aliphatic rings. The first-order valence-corrected chi connectivity index (χ1v) is 15.1. The maximum atomic E-state index is 10.6. The van der Waals surface area contributed by atoms with Crippen LogP contribution in [0, 0.1) is 0 Å². The van der Waals surface area contributed by atoms with Crippen LogP contribution in [-0.4, -0.2) is 63.9 Å². The second-order valence-electron chi connectivity index (χ2n) is 11.0. The van der Waals surface area contributed by atoms with E-state index in [0.29, 0.717) is 39.8 Å². The maximum Gasteiger partial charge on any atom is 0.175 e. The van der Waals surface area contributed by atoms with Crippen LogP contribution >= 0.6 is 0 Å². The molecule has 0 saturated carbocycles. The Morgan fingerprint density at radius 1 is 0.600 bits per heavy atom. The average Bonchev–Trinajstić information content (AvgIpc) is 3.87. The van der Waals surface area contributed by atoms with Crippen LogP contribution in [0.3, 0.4) is 0 Å². The second kappa shape index (κ2) is 14.3. The molecule has 0 radical (unpaired) electrons. The highest BCUT2D eigenvalue weighted by Gasteiger charge is 2.23. The van der Waals surface area contributed by atoms with E-state index < -0.39 is 0 Å². The van der Waals surface area contributed by atoms with Crippen molar-refractivity contribution in [2.45, 2.75) is 14.9 Å². The number of aromatic nitrogens is 8. The Bertz CT molecular complexity index is 2370. The van der Waals surface area contributed by atoms with Crippen LogP contribution < -0.4 is 9.47 Å².